The van der Waals surface area contributed by atoms with E-state index in [0.29, 0.717) is 10.8 Å². The van der Waals surface area contributed by atoms with E-state index in [4.69, 9.17) is 11.6 Å². The highest BCUT2D eigenvalue weighted by atomic mass is 35.5. The van der Waals surface area contributed by atoms with E-state index in [1.54, 1.807) is 17.5 Å². The molecule has 0 unspecified atom stereocenters. The van der Waals surface area contributed by atoms with Crippen molar-refractivity contribution in [2.45, 2.75) is 13.8 Å². The summed E-state index contributed by atoms with van der Waals surface area (Å²) >= 11 is 7.55. The van der Waals surface area contributed by atoms with Crippen molar-refractivity contribution in [3.05, 3.63) is 52.3 Å². The van der Waals surface area contributed by atoms with E-state index in [1.165, 1.54) is 0 Å². The van der Waals surface area contributed by atoms with Crippen LogP contribution in [0.1, 0.15) is 10.7 Å². The maximum absolute atomic E-state index is 5.90. The molecule has 1 aromatic carbocycles. The lowest BCUT2D eigenvalue weighted by molar-refractivity contribution is 1.16. The smallest absolute Gasteiger partial charge is 0.159 e. The van der Waals surface area contributed by atoms with E-state index in [0.717, 1.165) is 26.8 Å². The van der Waals surface area contributed by atoms with Gasteiger partial charge in [0.25, 0.3) is 0 Å². The number of nitrogens with zero attached hydrogens (tertiary/aromatic N) is 3. The molecule has 2 aromatic heterocycles. The number of aromatic nitrogens is 3. The van der Waals surface area contributed by atoms with Gasteiger partial charge in [0.1, 0.15) is 0 Å². The summed E-state index contributed by atoms with van der Waals surface area (Å²) in [5, 5.41) is 1.75. The van der Waals surface area contributed by atoms with Crippen molar-refractivity contribution in [3.63, 3.8) is 0 Å². The third-order valence-corrected chi connectivity index (χ3v) is 4.24. The Morgan fingerprint density at radius 3 is 2.40 bits per heavy atom. The molecule has 20 heavy (non-hydrogen) atoms. The summed E-state index contributed by atoms with van der Waals surface area (Å²) in [7, 11) is 0. The van der Waals surface area contributed by atoms with Gasteiger partial charge in [-0.2, -0.15) is 0 Å². The maximum atomic E-state index is 5.90. The lowest BCUT2D eigenvalue weighted by Gasteiger charge is -2.03. The summed E-state index contributed by atoms with van der Waals surface area (Å²) in [4.78, 5) is 14.5. The number of hydrogen-bond donors (Lipinski definition) is 0. The molecule has 2 heterocycles. The van der Waals surface area contributed by atoms with Crippen LogP contribution >= 0.6 is 22.9 Å². The van der Waals surface area contributed by atoms with Crippen LogP contribution in [0.3, 0.4) is 0 Å². The first-order valence-electron chi connectivity index (χ1n) is 6.17. The van der Waals surface area contributed by atoms with Gasteiger partial charge in [-0.3, -0.25) is 0 Å². The molecule has 0 aliphatic heterocycles. The van der Waals surface area contributed by atoms with Crippen molar-refractivity contribution in [1.29, 1.82) is 0 Å². The average molecular weight is 302 g/mol. The predicted octanol–water partition coefficient (Wildman–Crippen LogP) is 4.54. The van der Waals surface area contributed by atoms with Gasteiger partial charge in [0.2, 0.25) is 0 Å². The molecule has 0 saturated heterocycles. The fourth-order valence-electron chi connectivity index (χ4n) is 1.99. The molecule has 0 aliphatic carbocycles. The largest absolute Gasteiger partial charge is 0.246 e. The van der Waals surface area contributed by atoms with Crippen molar-refractivity contribution in [2.75, 3.05) is 0 Å². The minimum atomic E-state index is 0.699. The molecule has 3 aromatic rings. The van der Waals surface area contributed by atoms with Crippen molar-refractivity contribution in [3.8, 4) is 22.0 Å². The second-order valence-corrected chi connectivity index (χ2v) is 6.06. The lowest BCUT2D eigenvalue weighted by atomic mass is 10.2. The topological polar surface area (TPSA) is 38.7 Å². The quantitative estimate of drug-likeness (QED) is 0.697. The first kappa shape index (κ1) is 13.2. The Balaban J connectivity index is 2.06. The summed E-state index contributed by atoms with van der Waals surface area (Å²) in [5.74, 6) is 0.699. The van der Waals surface area contributed by atoms with Gasteiger partial charge in [-0.15, -0.1) is 11.3 Å². The van der Waals surface area contributed by atoms with Gasteiger partial charge >= 0.3 is 0 Å². The number of benzene rings is 1. The Morgan fingerprint density at radius 1 is 1.00 bits per heavy atom. The Hall–Kier alpha value is -1.78. The third-order valence-electron chi connectivity index (χ3n) is 2.89. The summed E-state index contributed by atoms with van der Waals surface area (Å²) in [5.41, 5.74) is 2.87. The minimum Gasteiger partial charge on any atom is -0.246 e. The SMILES string of the molecule is Cc1nc(C)c(-c2ccnc(-c3ccc(Cl)cc3)n2)s1. The summed E-state index contributed by atoms with van der Waals surface area (Å²) in [6.45, 7) is 4.01. The highest BCUT2D eigenvalue weighted by molar-refractivity contribution is 7.15. The molecule has 0 aliphatic rings. The second-order valence-electron chi connectivity index (χ2n) is 4.42. The van der Waals surface area contributed by atoms with Gasteiger partial charge < -0.3 is 0 Å². The van der Waals surface area contributed by atoms with E-state index in [-0.39, 0.29) is 0 Å². The predicted molar refractivity (Wildman–Crippen MR) is 83.1 cm³/mol. The standard InChI is InChI=1S/C15H12ClN3S/c1-9-14(20-10(2)18-9)13-7-8-17-15(19-13)11-3-5-12(16)6-4-11/h3-8H,1-2H3. The Morgan fingerprint density at radius 2 is 1.75 bits per heavy atom. The van der Waals surface area contributed by atoms with Crippen LogP contribution in [-0.4, -0.2) is 15.0 Å². The second kappa shape index (κ2) is 5.31. The number of aryl methyl sites for hydroxylation is 2. The average Bonchev–Trinajstić information content (AvgIpc) is 2.79. The van der Waals surface area contributed by atoms with Gasteiger partial charge in [0, 0.05) is 16.8 Å². The number of thiazole rings is 1. The fourth-order valence-corrected chi connectivity index (χ4v) is 3.01. The molecule has 0 spiro atoms. The molecule has 3 rings (SSSR count). The zero-order valence-corrected chi connectivity index (χ0v) is 12.7. The molecule has 0 fully saturated rings. The van der Waals surface area contributed by atoms with E-state index in [9.17, 15) is 0 Å². The first-order chi connectivity index (χ1) is 9.63. The number of halogens is 1. The molecule has 0 bridgehead atoms. The van der Waals surface area contributed by atoms with Crippen molar-refractivity contribution in [2.24, 2.45) is 0 Å². The maximum Gasteiger partial charge on any atom is 0.159 e. The highest BCUT2D eigenvalue weighted by Crippen LogP contribution is 2.29. The first-order valence-corrected chi connectivity index (χ1v) is 7.36. The Labute approximate surface area is 126 Å². The van der Waals surface area contributed by atoms with E-state index in [2.05, 4.69) is 15.0 Å². The van der Waals surface area contributed by atoms with Crippen LogP contribution in [0, 0.1) is 13.8 Å². The van der Waals surface area contributed by atoms with Crippen LogP contribution in [0.2, 0.25) is 5.02 Å². The molecular formula is C15H12ClN3S. The van der Waals surface area contributed by atoms with Gasteiger partial charge in [0.05, 0.1) is 21.3 Å². The van der Waals surface area contributed by atoms with Gasteiger partial charge in [0.15, 0.2) is 5.82 Å². The highest BCUT2D eigenvalue weighted by Gasteiger charge is 2.10. The molecule has 5 heteroatoms. The molecule has 0 amide bonds. The van der Waals surface area contributed by atoms with Crippen molar-refractivity contribution >= 4 is 22.9 Å². The van der Waals surface area contributed by atoms with E-state index < -0.39 is 0 Å². The molecule has 3 nitrogen and oxygen atoms in total. The Bertz CT molecular complexity index is 750. The molecular weight excluding hydrogens is 290 g/mol. The van der Waals surface area contributed by atoms with Crippen LogP contribution in [0.4, 0.5) is 0 Å². The van der Waals surface area contributed by atoms with Crippen LogP contribution < -0.4 is 0 Å². The minimum absolute atomic E-state index is 0.699. The zero-order valence-electron chi connectivity index (χ0n) is 11.1. The number of rotatable bonds is 2. The van der Waals surface area contributed by atoms with Crippen LogP contribution in [0.5, 0.6) is 0 Å². The van der Waals surface area contributed by atoms with E-state index in [1.807, 2.05) is 44.2 Å². The van der Waals surface area contributed by atoms with Crippen molar-refractivity contribution < 1.29 is 0 Å². The zero-order chi connectivity index (χ0) is 14.1. The monoisotopic (exact) mass is 301 g/mol. The summed E-state index contributed by atoms with van der Waals surface area (Å²) in [6, 6.07) is 9.45. The third kappa shape index (κ3) is 2.57. The molecule has 0 radical (unpaired) electrons. The molecule has 100 valence electrons. The molecule has 0 saturated carbocycles. The molecule has 0 N–H and O–H groups in total. The molecule has 0 atom stereocenters. The van der Waals surface area contributed by atoms with Gasteiger partial charge in [-0.25, -0.2) is 15.0 Å². The summed E-state index contributed by atoms with van der Waals surface area (Å²) < 4.78 is 0. The van der Waals surface area contributed by atoms with E-state index >= 15 is 0 Å². The van der Waals surface area contributed by atoms with Gasteiger partial charge in [-0.05, 0) is 44.2 Å². The summed E-state index contributed by atoms with van der Waals surface area (Å²) in [6.07, 6.45) is 1.78. The van der Waals surface area contributed by atoms with Crippen LogP contribution in [-0.2, 0) is 0 Å². The van der Waals surface area contributed by atoms with Crippen molar-refractivity contribution in [1.82, 2.24) is 15.0 Å². The fraction of sp³-hybridized carbons (Fsp3) is 0.133. The van der Waals surface area contributed by atoms with Crippen LogP contribution in [0.25, 0.3) is 22.0 Å². The Kier molecular flexibility index (Phi) is 3.51. The van der Waals surface area contributed by atoms with Crippen LogP contribution in [0.15, 0.2) is 36.5 Å². The normalized spacial score (nSPS) is 10.8. The van der Waals surface area contributed by atoms with Gasteiger partial charge in [-0.1, -0.05) is 11.6 Å². The lowest BCUT2D eigenvalue weighted by Crippen LogP contribution is -1.91. The number of hydrogen-bond acceptors (Lipinski definition) is 4.